The molecule has 4 aromatic rings. The van der Waals surface area contributed by atoms with Gasteiger partial charge in [-0.05, 0) is 12.1 Å². The molecular weight excluding hydrogens is 445 g/mol. The minimum absolute atomic E-state index is 0.826. The molecule has 0 aliphatic rings. The monoisotopic (exact) mass is 474 g/mol. The maximum Gasteiger partial charge on any atom is 0.129 e. The van der Waals surface area contributed by atoms with Gasteiger partial charge in [-0.1, -0.05) is 112 Å². The summed E-state index contributed by atoms with van der Waals surface area (Å²) in [4.78, 5) is 10.4. The van der Waals surface area contributed by atoms with E-state index in [-0.39, 0.29) is 0 Å². The van der Waals surface area contributed by atoms with E-state index in [4.69, 9.17) is 9.97 Å². The molecule has 0 saturated heterocycles. The van der Waals surface area contributed by atoms with E-state index in [1.165, 1.54) is 0 Å². The molecular formula is C30H30N2Si2. The lowest BCUT2D eigenvalue weighted by molar-refractivity contribution is 1.28. The lowest BCUT2D eigenvalue weighted by atomic mass is 10.0. The number of aromatic nitrogens is 2. The fraction of sp³-hybridized carbons (Fsp3) is 0.200. The highest BCUT2D eigenvalue weighted by atomic mass is 28.3. The summed E-state index contributed by atoms with van der Waals surface area (Å²) < 4.78 is 0. The van der Waals surface area contributed by atoms with Gasteiger partial charge in [-0.2, -0.15) is 0 Å². The third-order valence-corrected chi connectivity index (χ3v) is 6.81. The molecule has 4 heteroatoms. The van der Waals surface area contributed by atoms with Gasteiger partial charge >= 0.3 is 0 Å². The van der Waals surface area contributed by atoms with Gasteiger partial charge < -0.3 is 0 Å². The molecule has 4 rings (SSSR count). The Bertz CT molecular complexity index is 1340. The second-order valence-electron chi connectivity index (χ2n) is 10.5. The molecule has 0 saturated carbocycles. The second kappa shape index (κ2) is 9.43. The first-order valence-electron chi connectivity index (χ1n) is 11.6. The van der Waals surface area contributed by atoms with Crippen LogP contribution in [0.25, 0.3) is 33.5 Å². The fourth-order valence-corrected chi connectivity index (χ4v) is 4.46. The highest BCUT2D eigenvalue weighted by Gasteiger charge is 2.17. The highest BCUT2D eigenvalue weighted by Crippen LogP contribution is 2.32. The van der Waals surface area contributed by atoms with E-state index in [1.54, 1.807) is 0 Å². The highest BCUT2D eigenvalue weighted by molar-refractivity contribution is 6.84. The number of rotatable bonds is 2. The first-order valence-corrected chi connectivity index (χ1v) is 18.6. The van der Waals surface area contributed by atoms with Crippen LogP contribution in [0.15, 0.2) is 72.8 Å². The molecule has 168 valence electrons. The molecule has 0 atom stereocenters. The summed E-state index contributed by atoms with van der Waals surface area (Å²) in [5.41, 5.74) is 14.3. The zero-order valence-electron chi connectivity index (χ0n) is 20.8. The van der Waals surface area contributed by atoms with Crippen LogP contribution in [0.3, 0.4) is 0 Å². The largest absolute Gasteiger partial charge is 0.242 e. The molecule has 0 amide bonds. The van der Waals surface area contributed by atoms with E-state index < -0.39 is 16.1 Å². The van der Waals surface area contributed by atoms with Gasteiger partial charge in [0.1, 0.15) is 27.2 Å². The Balaban J connectivity index is 2.09. The lowest BCUT2D eigenvalue weighted by Crippen LogP contribution is -2.16. The molecule has 1 heterocycles. The SMILES string of the molecule is C[Si](C)(C)C#Cc1ccc(C#C[Si](C)(C)C)c2nc(-c3ccccc3)c(-c3ccccc3)nc12. The molecule has 0 radical (unpaired) electrons. The van der Waals surface area contributed by atoms with Crippen molar-refractivity contribution in [1.29, 1.82) is 0 Å². The summed E-state index contributed by atoms with van der Waals surface area (Å²) in [7, 11) is -3.11. The van der Waals surface area contributed by atoms with Crippen LogP contribution in [-0.4, -0.2) is 26.1 Å². The number of fused-ring (bicyclic) bond motifs is 1. The Morgan fingerprint density at radius 3 is 1.18 bits per heavy atom. The molecule has 0 N–H and O–H groups in total. The summed E-state index contributed by atoms with van der Waals surface area (Å²) >= 11 is 0. The summed E-state index contributed by atoms with van der Waals surface area (Å²) in [6, 6.07) is 24.7. The molecule has 0 aliphatic heterocycles. The van der Waals surface area contributed by atoms with Crippen molar-refractivity contribution in [2.75, 3.05) is 0 Å². The van der Waals surface area contributed by atoms with E-state index >= 15 is 0 Å². The lowest BCUT2D eigenvalue weighted by Gasteiger charge is -2.13. The zero-order chi connectivity index (χ0) is 24.3. The summed E-state index contributed by atoms with van der Waals surface area (Å²) in [6.45, 7) is 13.5. The minimum Gasteiger partial charge on any atom is -0.242 e. The van der Waals surface area contributed by atoms with Crippen LogP contribution in [0, 0.1) is 22.9 Å². The third kappa shape index (κ3) is 5.72. The van der Waals surface area contributed by atoms with Gasteiger partial charge in [-0.25, -0.2) is 9.97 Å². The van der Waals surface area contributed by atoms with Gasteiger partial charge in [0, 0.05) is 11.1 Å². The van der Waals surface area contributed by atoms with Gasteiger partial charge in [0.2, 0.25) is 0 Å². The maximum atomic E-state index is 5.22. The summed E-state index contributed by atoms with van der Waals surface area (Å²) in [5, 5.41) is 0. The van der Waals surface area contributed by atoms with Crippen molar-refractivity contribution in [3.8, 4) is 45.4 Å². The third-order valence-electron chi connectivity index (χ3n) is 5.06. The molecule has 0 fully saturated rings. The number of hydrogen-bond acceptors (Lipinski definition) is 2. The topological polar surface area (TPSA) is 25.8 Å². The first kappa shape index (κ1) is 23.7. The maximum absolute atomic E-state index is 5.22. The van der Waals surface area contributed by atoms with Crippen LogP contribution in [0.1, 0.15) is 11.1 Å². The number of benzene rings is 3. The van der Waals surface area contributed by atoms with Gasteiger partial charge in [0.15, 0.2) is 0 Å². The van der Waals surface area contributed by atoms with E-state index in [0.717, 1.165) is 44.7 Å². The van der Waals surface area contributed by atoms with E-state index in [2.05, 4.69) is 98.6 Å². The normalized spacial score (nSPS) is 11.4. The molecule has 34 heavy (non-hydrogen) atoms. The second-order valence-corrected chi connectivity index (χ2v) is 20.0. The average molecular weight is 475 g/mol. The standard InChI is InChI=1S/C30H30N2Si2/c1-33(2,3)21-19-25-17-18-26(20-22-34(4,5)6)30-29(25)31-27(23-13-9-7-10-14-23)28(32-30)24-15-11-8-12-16-24/h7-18H,1-6H3. The van der Waals surface area contributed by atoms with Gasteiger partial charge in [0.25, 0.3) is 0 Å². The van der Waals surface area contributed by atoms with Crippen molar-refractivity contribution >= 4 is 27.2 Å². The Labute approximate surface area is 205 Å². The van der Waals surface area contributed by atoms with E-state index in [1.807, 2.05) is 36.4 Å². The van der Waals surface area contributed by atoms with Crippen LogP contribution in [-0.2, 0) is 0 Å². The molecule has 0 aliphatic carbocycles. The van der Waals surface area contributed by atoms with Crippen LogP contribution in [0.4, 0.5) is 0 Å². The molecule has 0 bridgehead atoms. The van der Waals surface area contributed by atoms with Gasteiger partial charge in [-0.15, -0.1) is 11.1 Å². The minimum atomic E-state index is -1.55. The van der Waals surface area contributed by atoms with Crippen molar-refractivity contribution in [1.82, 2.24) is 9.97 Å². The van der Waals surface area contributed by atoms with Crippen LogP contribution >= 0.6 is 0 Å². The Morgan fingerprint density at radius 2 is 0.853 bits per heavy atom. The molecule has 0 unspecified atom stereocenters. The van der Waals surface area contributed by atoms with Crippen molar-refractivity contribution in [2.45, 2.75) is 39.3 Å². The zero-order valence-corrected chi connectivity index (χ0v) is 22.8. The van der Waals surface area contributed by atoms with Crippen molar-refractivity contribution in [3.05, 3.63) is 83.9 Å². The van der Waals surface area contributed by atoms with Crippen molar-refractivity contribution < 1.29 is 0 Å². The molecule has 0 spiro atoms. The number of nitrogens with zero attached hydrogens (tertiary/aromatic N) is 2. The Morgan fingerprint density at radius 1 is 0.500 bits per heavy atom. The predicted molar refractivity (Wildman–Crippen MR) is 151 cm³/mol. The van der Waals surface area contributed by atoms with Crippen LogP contribution < -0.4 is 0 Å². The van der Waals surface area contributed by atoms with Crippen molar-refractivity contribution in [3.63, 3.8) is 0 Å². The van der Waals surface area contributed by atoms with E-state index in [9.17, 15) is 0 Å². The summed E-state index contributed by atoms with van der Waals surface area (Å²) in [5.74, 6) is 6.87. The molecule has 1 aromatic heterocycles. The average Bonchev–Trinajstić information content (AvgIpc) is 2.81. The van der Waals surface area contributed by atoms with Crippen molar-refractivity contribution in [2.24, 2.45) is 0 Å². The fourth-order valence-electron chi connectivity index (χ4n) is 3.44. The first-order chi connectivity index (χ1) is 16.1. The van der Waals surface area contributed by atoms with Gasteiger partial charge in [-0.3, -0.25) is 0 Å². The number of hydrogen-bond donors (Lipinski definition) is 0. The summed E-state index contributed by atoms with van der Waals surface area (Å²) in [6.07, 6.45) is 0. The van der Waals surface area contributed by atoms with Gasteiger partial charge in [0.05, 0.1) is 22.5 Å². The Hall–Kier alpha value is -3.45. The Kier molecular flexibility index (Phi) is 6.57. The van der Waals surface area contributed by atoms with E-state index in [0.29, 0.717) is 0 Å². The quantitative estimate of drug-likeness (QED) is 0.223. The van der Waals surface area contributed by atoms with Crippen LogP contribution in [0.5, 0.6) is 0 Å². The molecule has 3 aromatic carbocycles. The van der Waals surface area contributed by atoms with Crippen LogP contribution in [0.2, 0.25) is 39.3 Å². The smallest absolute Gasteiger partial charge is 0.129 e. The molecule has 2 nitrogen and oxygen atoms in total. The predicted octanol–water partition coefficient (Wildman–Crippen LogP) is 7.42.